The summed E-state index contributed by atoms with van der Waals surface area (Å²) in [5.41, 5.74) is 0.666. The second-order valence-corrected chi connectivity index (χ2v) is 11.7. The van der Waals surface area contributed by atoms with Gasteiger partial charge in [0.2, 0.25) is 0 Å². The Hall–Kier alpha value is 0.0969. The molecular weight excluding hydrogens is 302 g/mol. The van der Waals surface area contributed by atoms with E-state index in [1.165, 1.54) is 64.2 Å². The van der Waals surface area contributed by atoms with Gasteiger partial charge in [-0.1, -0.05) is 38.5 Å². The molecule has 3 aliphatic rings. The molecule has 134 valence electrons. The summed E-state index contributed by atoms with van der Waals surface area (Å²) in [6.45, 7) is 4.80. The highest BCUT2D eigenvalue weighted by Crippen LogP contribution is 2.52. The van der Waals surface area contributed by atoms with E-state index < -0.39 is 8.72 Å². The Labute approximate surface area is 144 Å². The maximum Gasteiger partial charge on any atom is 0.431 e. The molecule has 0 aromatic rings. The van der Waals surface area contributed by atoms with Gasteiger partial charge in [-0.25, -0.2) is 0 Å². The molecule has 2 saturated carbocycles. The van der Waals surface area contributed by atoms with Crippen molar-refractivity contribution in [2.75, 3.05) is 14.2 Å². The molecule has 0 radical (unpaired) electrons. The number of fused-ring (bicyclic) bond motifs is 1. The standard InChI is InChI=1S/C19H37NO2Si/c1-15-9-7-10-16(2)20(15)23(21-3,22-4)19-14-8-12-17-11-5-6-13-18(17)19/h15-19H,5-14H2,1-4H3. The summed E-state index contributed by atoms with van der Waals surface area (Å²) < 4.78 is 15.5. The van der Waals surface area contributed by atoms with Gasteiger partial charge in [-0.2, -0.15) is 0 Å². The zero-order valence-electron chi connectivity index (χ0n) is 15.7. The van der Waals surface area contributed by atoms with E-state index in [2.05, 4.69) is 18.4 Å². The van der Waals surface area contributed by atoms with Gasteiger partial charge in [0.25, 0.3) is 0 Å². The summed E-state index contributed by atoms with van der Waals surface area (Å²) in [5, 5.41) is 0. The molecule has 2 aliphatic carbocycles. The number of piperidine rings is 1. The molecule has 3 fully saturated rings. The van der Waals surface area contributed by atoms with Crippen LogP contribution in [0.5, 0.6) is 0 Å². The van der Waals surface area contributed by atoms with Crippen LogP contribution in [0.3, 0.4) is 0 Å². The van der Waals surface area contributed by atoms with Gasteiger partial charge in [-0.15, -0.1) is 0 Å². The van der Waals surface area contributed by atoms with Crippen LogP contribution in [0.1, 0.15) is 78.1 Å². The first kappa shape index (κ1) is 17.9. The number of hydrogen-bond acceptors (Lipinski definition) is 3. The molecule has 23 heavy (non-hydrogen) atoms. The van der Waals surface area contributed by atoms with Crippen molar-refractivity contribution < 1.29 is 8.85 Å². The van der Waals surface area contributed by atoms with E-state index in [0.29, 0.717) is 17.6 Å². The predicted octanol–water partition coefficient (Wildman–Crippen LogP) is 4.84. The molecule has 1 saturated heterocycles. The normalized spacial score (nSPS) is 39.9. The topological polar surface area (TPSA) is 21.7 Å². The lowest BCUT2D eigenvalue weighted by atomic mass is 9.70. The van der Waals surface area contributed by atoms with Crippen molar-refractivity contribution in [2.24, 2.45) is 11.8 Å². The summed E-state index contributed by atoms with van der Waals surface area (Å²) in [5.74, 6) is 1.79. The van der Waals surface area contributed by atoms with Crippen LogP contribution < -0.4 is 0 Å². The second kappa shape index (κ2) is 7.55. The molecule has 0 amide bonds. The average molecular weight is 340 g/mol. The fourth-order valence-corrected chi connectivity index (χ4v) is 10.8. The third-order valence-electron chi connectivity index (χ3n) is 7.18. The van der Waals surface area contributed by atoms with Gasteiger partial charge >= 0.3 is 8.72 Å². The van der Waals surface area contributed by atoms with Crippen LogP contribution in [-0.2, 0) is 8.85 Å². The molecule has 4 heteroatoms. The minimum absolute atomic E-state index is 0.606. The highest BCUT2D eigenvalue weighted by molar-refractivity contribution is 6.66. The molecule has 1 heterocycles. The van der Waals surface area contributed by atoms with Crippen molar-refractivity contribution in [3.63, 3.8) is 0 Å². The minimum atomic E-state index is -2.34. The van der Waals surface area contributed by atoms with Gasteiger partial charge in [0, 0.05) is 31.8 Å². The third-order valence-corrected chi connectivity index (χ3v) is 11.6. The van der Waals surface area contributed by atoms with Crippen molar-refractivity contribution in [1.29, 1.82) is 0 Å². The van der Waals surface area contributed by atoms with E-state index in [1.807, 2.05) is 14.2 Å². The van der Waals surface area contributed by atoms with Crippen molar-refractivity contribution in [2.45, 2.75) is 95.7 Å². The van der Waals surface area contributed by atoms with E-state index in [9.17, 15) is 0 Å². The summed E-state index contributed by atoms with van der Waals surface area (Å²) in [6.07, 6.45) is 13.8. The Kier molecular flexibility index (Phi) is 5.88. The Bertz CT molecular complexity index is 376. The van der Waals surface area contributed by atoms with E-state index >= 15 is 0 Å². The SMILES string of the molecule is CO[Si](OC)(C1CCCC2CCCCC21)N1C(C)CCCC1C. The van der Waals surface area contributed by atoms with Gasteiger partial charge in [-0.3, -0.25) is 4.57 Å². The Morgan fingerprint density at radius 2 is 1.30 bits per heavy atom. The quantitative estimate of drug-likeness (QED) is 0.684. The Balaban J connectivity index is 1.92. The first-order valence-corrected chi connectivity index (χ1v) is 11.9. The highest BCUT2D eigenvalue weighted by Gasteiger charge is 2.58. The first-order valence-electron chi connectivity index (χ1n) is 10.0. The number of nitrogens with zero attached hydrogens (tertiary/aromatic N) is 1. The van der Waals surface area contributed by atoms with Gasteiger partial charge in [0.1, 0.15) is 0 Å². The maximum absolute atomic E-state index is 6.40. The summed E-state index contributed by atoms with van der Waals surface area (Å²) in [6, 6.07) is 1.21. The molecule has 0 aromatic heterocycles. The molecule has 0 N–H and O–H groups in total. The molecule has 5 atom stereocenters. The van der Waals surface area contributed by atoms with E-state index in [-0.39, 0.29) is 0 Å². The van der Waals surface area contributed by atoms with Crippen LogP contribution in [0.15, 0.2) is 0 Å². The lowest BCUT2D eigenvalue weighted by Gasteiger charge is -2.55. The molecule has 1 aliphatic heterocycles. The van der Waals surface area contributed by atoms with Crippen molar-refractivity contribution >= 4 is 8.72 Å². The van der Waals surface area contributed by atoms with Gasteiger partial charge in [-0.05, 0) is 51.4 Å². The zero-order chi connectivity index (χ0) is 16.4. The highest BCUT2D eigenvalue weighted by atomic mass is 28.4. The summed E-state index contributed by atoms with van der Waals surface area (Å²) >= 11 is 0. The van der Waals surface area contributed by atoms with E-state index in [0.717, 1.165) is 11.8 Å². The second-order valence-electron chi connectivity index (χ2n) is 8.32. The molecular formula is C19H37NO2Si. The monoisotopic (exact) mass is 339 g/mol. The number of hydrogen-bond donors (Lipinski definition) is 0. The smallest absolute Gasteiger partial charge is 0.386 e. The van der Waals surface area contributed by atoms with Crippen LogP contribution in [0, 0.1) is 11.8 Å². The fraction of sp³-hybridized carbons (Fsp3) is 1.00. The zero-order valence-corrected chi connectivity index (χ0v) is 16.7. The lowest BCUT2D eigenvalue weighted by molar-refractivity contribution is 0.0523. The van der Waals surface area contributed by atoms with Gasteiger partial charge in [0.15, 0.2) is 0 Å². The van der Waals surface area contributed by atoms with Crippen LogP contribution in [-0.4, -0.2) is 39.6 Å². The van der Waals surface area contributed by atoms with E-state index in [4.69, 9.17) is 8.85 Å². The Morgan fingerprint density at radius 1 is 0.739 bits per heavy atom. The molecule has 5 unspecified atom stereocenters. The maximum atomic E-state index is 6.40. The van der Waals surface area contributed by atoms with Crippen LogP contribution in [0.4, 0.5) is 0 Å². The minimum Gasteiger partial charge on any atom is -0.386 e. The molecule has 3 rings (SSSR count). The number of rotatable bonds is 4. The Morgan fingerprint density at radius 3 is 1.96 bits per heavy atom. The summed E-state index contributed by atoms with van der Waals surface area (Å²) in [4.78, 5) is 0. The van der Waals surface area contributed by atoms with Crippen LogP contribution in [0.25, 0.3) is 0 Å². The van der Waals surface area contributed by atoms with Crippen molar-refractivity contribution in [3.8, 4) is 0 Å². The third kappa shape index (κ3) is 3.17. The van der Waals surface area contributed by atoms with Crippen molar-refractivity contribution in [3.05, 3.63) is 0 Å². The van der Waals surface area contributed by atoms with Crippen LogP contribution in [0.2, 0.25) is 5.54 Å². The van der Waals surface area contributed by atoms with E-state index in [1.54, 1.807) is 0 Å². The van der Waals surface area contributed by atoms with Crippen molar-refractivity contribution in [1.82, 2.24) is 4.57 Å². The molecule has 3 nitrogen and oxygen atoms in total. The lowest BCUT2D eigenvalue weighted by Crippen LogP contribution is -2.68. The summed E-state index contributed by atoms with van der Waals surface area (Å²) in [7, 11) is 1.54. The largest absolute Gasteiger partial charge is 0.431 e. The molecule has 0 bridgehead atoms. The average Bonchev–Trinajstić information content (AvgIpc) is 2.58. The first-order chi connectivity index (χ1) is 11.1. The molecule has 0 aromatic carbocycles. The molecule has 0 spiro atoms. The van der Waals surface area contributed by atoms with Gasteiger partial charge < -0.3 is 8.85 Å². The van der Waals surface area contributed by atoms with Crippen LogP contribution >= 0.6 is 0 Å². The van der Waals surface area contributed by atoms with Gasteiger partial charge in [0.05, 0.1) is 0 Å². The fourth-order valence-electron chi connectivity index (χ4n) is 6.22. The predicted molar refractivity (Wildman–Crippen MR) is 97.4 cm³/mol.